The molecule has 5 heteroatoms. The summed E-state index contributed by atoms with van der Waals surface area (Å²) >= 11 is 0. The largest absolute Gasteiger partial charge is 0.368 e. The van der Waals surface area contributed by atoms with Crippen LogP contribution >= 0.6 is 0 Å². The third kappa shape index (κ3) is 3.93. The van der Waals surface area contributed by atoms with Gasteiger partial charge in [0.2, 0.25) is 0 Å². The van der Waals surface area contributed by atoms with Crippen molar-refractivity contribution in [2.75, 3.05) is 5.32 Å². The van der Waals surface area contributed by atoms with Crippen LogP contribution in [0, 0.1) is 0 Å². The number of hydrogen-bond acceptors (Lipinski definition) is 4. The molecule has 0 aliphatic carbocycles. The molecule has 0 radical (unpaired) electrons. The highest BCUT2D eigenvalue weighted by molar-refractivity contribution is 5.79. The smallest absolute Gasteiger partial charge is 0.126 e. The lowest BCUT2D eigenvalue weighted by atomic mass is 10.0. The average molecular weight is 369 g/mol. The predicted molar refractivity (Wildman–Crippen MR) is 113 cm³/mol. The van der Waals surface area contributed by atoms with Crippen LogP contribution in [-0.2, 0) is 6.54 Å². The van der Waals surface area contributed by atoms with Gasteiger partial charge in [0, 0.05) is 23.4 Å². The van der Waals surface area contributed by atoms with Crippen LogP contribution in [0.3, 0.4) is 0 Å². The highest BCUT2D eigenvalue weighted by atomic mass is 15.4. The Morgan fingerprint density at radius 3 is 2.32 bits per heavy atom. The zero-order chi connectivity index (χ0) is 19.3. The average Bonchev–Trinajstić information content (AvgIpc) is 3.13. The van der Waals surface area contributed by atoms with Crippen LogP contribution in [-0.4, -0.2) is 26.0 Å². The summed E-state index contributed by atoms with van der Waals surface area (Å²) in [5.41, 5.74) is 5.13. The summed E-state index contributed by atoms with van der Waals surface area (Å²) < 4.78 is 1.96. The van der Waals surface area contributed by atoms with Crippen molar-refractivity contribution in [3.05, 3.63) is 84.6 Å². The van der Waals surface area contributed by atoms with E-state index in [1.165, 1.54) is 5.56 Å². The first kappa shape index (κ1) is 17.9. The molecule has 2 aromatic carbocycles. The van der Waals surface area contributed by atoms with Crippen LogP contribution in [0.15, 0.2) is 79.0 Å². The number of rotatable bonds is 6. The number of nitrogens with one attached hydrogen (secondary N) is 1. The Morgan fingerprint density at radius 1 is 0.893 bits per heavy atom. The van der Waals surface area contributed by atoms with E-state index in [1.807, 2.05) is 53.3 Å². The van der Waals surface area contributed by atoms with Crippen LogP contribution < -0.4 is 5.32 Å². The summed E-state index contributed by atoms with van der Waals surface area (Å²) in [6.45, 7) is 4.86. The molecule has 28 heavy (non-hydrogen) atoms. The summed E-state index contributed by atoms with van der Waals surface area (Å²) in [4.78, 5) is 4.44. The summed E-state index contributed by atoms with van der Waals surface area (Å²) in [7, 11) is 0. The maximum absolute atomic E-state index is 4.52. The van der Waals surface area contributed by atoms with Gasteiger partial charge in [-0.1, -0.05) is 65.9 Å². The van der Waals surface area contributed by atoms with Gasteiger partial charge in [-0.2, -0.15) is 0 Å². The van der Waals surface area contributed by atoms with Crippen molar-refractivity contribution in [1.82, 2.24) is 20.0 Å². The van der Waals surface area contributed by atoms with Gasteiger partial charge in [0.1, 0.15) is 11.5 Å². The summed E-state index contributed by atoms with van der Waals surface area (Å²) in [5.74, 6) is 0.846. The summed E-state index contributed by atoms with van der Waals surface area (Å²) in [6.07, 6.45) is 1.83. The highest BCUT2D eigenvalue weighted by Crippen LogP contribution is 2.31. The van der Waals surface area contributed by atoms with Crippen LogP contribution in [0.4, 0.5) is 5.82 Å². The van der Waals surface area contributed by atoms with E-state index in [-0.39, 0.29) is 0 Å². The van der Waals surface area contributed by atoms with E-state index in [0.29, 0.717) is 12.6 Å². The Labute approximate surface area is 165 Å². The first-order valence-corrected chi connectivity index (χ1v) is 9.46. The lowest BCUT2D eigenvalue weighted by Gasteiger charge is -2.12. The second-order valence-electron chi connectivity index (χ2n) is 7.02. The van der Waals surface area contributed by atoms with Gasteiger partial charge >= 0.3 is 0 Å². The lowest BCUT2D eigenvalue weighted by molar-refractivity contribution is 0.655. The number of aromatic nitrogens is 4. The van der Waals surface area contributed by atoms with Crippen molar-refractivity contribution in [2.45, 2.75) is 26.4 Å². The Bertz CT molecular complexity index is 1040. The molecule has 1 N–H and O–H groups in total. The molecule has 0 spiro atoms. The lowest BCUT2D eigenvalue weighted by Crippen LogP contribution is -2.11. The minimum atomic E-state index is 0.309. The van der Waals surface area contributed by atoms with Gasteiger partial charge in [-0.05, 0) is 31.5 Å². The highest BCUT2D eigenvalue weighted by Gasteiger charge is 2.17. The zero-order valence-corrected chi connectivity index (χ0v) is 16.1. The zero-order valence-electron chi connectivity index (χ0n) is 16.1. The molecule has 0 aliphatic heterocycles. The van der Waals surface area contributed by atoms with E-state index < -0.39 is 0 Å². The molecule has 2 aromatic heterocycles. The topological polar surface area (TPSA) is 55.6 Å². The van der Waals surface area contributed by atoms with Gasteiger partial charge < -0.3 is 5.32 Å². The second kappa shape index (κ2) is 8.05. The summed E-state index contributed by atoms with van der Waals surface area (Å²) in [5, 5.41) is 12.4. The quantitative estimate of drug-likeness (QED) is 0.526. The fourth-order valence-corrected chi connectivity index (χ4v) is 3.21. The van der Waals surface area contributed by atoms with Crippen molar-refractivity contribution in [2.24, 2.45) is 0 Å². The fraction of sp³-hybridized carbons (Fsp3) is 0.174. The van der Waals surface area contributed by atoms with Gasteiger partial charge in [0.15, 0.2) is 0 Å². The van der Waals surface area contributed by atoms with Gasteiger partial charge in [0.05, 0.1) is 12.2 Å². The molecular formula is C23H23N5. The van der Waals surface area contributed by atoms with Crippen LogP contribution in [0.1, 0.15) is 19.4 Å². The summed E-state index contributed by atoms with van der Waals surface area (Å²) in [6, 6.07) is 24.9. The van der Waals surface area contributed by atoms with Crippen molar-refractivity contribution in [3.63, 3.8) is 0 Å². The van der Waals surface area contributed by atoms with Gasteiger partial charge in [0.25, 0.3) is 0 Å². The maximum atomic E-state index is 4.52. The third-order valence-corrected chi connectivity index (χ3v) is 4.43. The molecule has 0 aliphatic rings. The standard InChI is InChI=1S/C23H23N5/c1-17(2)25-21-15-20(13-14-24-21)23-22(19-11-7-4-8-12-19)26-27-28(23)16-18-9-5-3-6-10-18/h3-15,17H,16H2,1-2H3,(H,24,25). The molecule has 0 saturated heterocycles. The van der Waals surface area contributed by atoms with Gasteiger partial charge in [-0.25, -0.2) is 9.67 Å². The Kier molecular flexibility index (Phi) is 5.15. The second-order valence-corrected chi connectivity index (χ2v) is 7.02. The molecule has 140 valence electrons. The Morgan fingerprint density at radius 2 is 1.61 bits per heavy atom. The third-order valence-electron chi connectivity index (χ3n) is 4.43. The molecule has 0 saturated carbocycles. The molecule has 0 amide bonds. The molecule has 0 fully saturated rings. The first-order chi connectivity index (χ1) is 13.7. The number of nitrogens with zero attached hydrogens (tertiary/aromatic N) is 4. The first-order valence-electron chi connectivity index (χ1n) is 9.46. The maximum Gasteiger partial charge on any atom is 0.126 e. The molecule has 4 aromatic rings. The van der Waals surface area contributed by atoms with Gasteiger partial charge in [-0.15, -0.1) is 5.10 Å². The minimum absolute atomic E-state index is 0.309. The normalized spacial score (nSPS) is 11.0. The van der Waals surface area contributed by atoms with E-state index in [9.17, 15) is 0 Å². The molecule has 4 rings (SSSR count). The van der Waals surface area contributed by atoms with Crippen molar-refractivity contribution >= 4 is 5.82 Å². The number of benzene rings is 2. The fourth-order valence-electron chi connectivity index (χ4n) is 3.21. The Hall–Kier alpha value is -3.47. The van der Waals surface area contributed by atoms with E-state index in [1.54, 1.807) is 0 Å². The van der Waals surface area contributed by atoms with Crippen molar-refractivity contribution in [3.8, 4) is 22.5 Å². The van der Waals surface area contributed by atoms with Crippen molar-refractivity contribution in [1.29, 1.82) is 0 Å². The van der Waals surface area contributed by atoms with Crippen LogP contribution in [0.5, 0.6) is 0 Å². The van der Waals surface area contributed by atoms with E-state index in [4.69, 9.17) is 0 Å². The van der Waals surface area contributed by atoms with Crippen molar-refractivity contribution < 1.29 is 0 Å². The van der Waals surface area contributed by atoms with Gasteiger partial charge in [-0.3, -0.25) is 0 Å². The van der Waals surface area contributed by atoms with E-state index >= 15 is 0 Å². The molecule has 0 unspecified atom stereocenters. The monoisotopic (exact) mass is 369 g/mol. The number of pyridine rings is 1. The SMILES string of the molecule is CC(C)Nc1cc(-c2c(-c3ccccc3)nnn2Cc2ccccc2)ccn1. The Balaban J connectivity index is 1.82. The number of hydrogen-bond donors (Lipinski definition) is 1. The minimum Gasteiger partial charge on any atom is -0.368 e. The van der Waals surface area contributed by atoms with Crippen LogP contribution in [0.2, 0.25) is 0 Å². The molecular weight excluding hydrogens is 346 g/mol. The molecule has 0 bridgehead atoms. The predicted octanol–water partition coefficient (Wildman–Crippen LogP) is 4.88. The molecule has 5 nitrogen and oxygen atoms in total. The van der Waals surface area contributed by atoms with Crippen LogP contribution in [0.25, 0.3) is 22.5 Å². The number of anilines is 1. The van der Waals surface area contributed by atoms with E-state index in [2.05, 4.69) is 64.8 Å². The molecule has 0 atom stereocenters. The van der Waals surface area contributed by atoms with E-state index in [0.717, 1.165) is 28.3 Å². The molecule has 2 heterocycles.